The van der Waals surface area contributed by atoms with Gasteiger partial charge in [-0.2, -0.15) is 0 Å². The maximum absolute atomic E-state index is 12.2. The van der Waals surface area contributed by atoms with Gasteiger partial charge in [-0.3, -0.25) is 4.79 Å². The van der Waals surface area contributed by atoms with Crippen LogP contribution in [-0.4, -0.2) is 41.5 Å². The predicted octanol–water partition coefficient (Wildman–Crippen LogP) is 3.14. The second-order valence-electron chi connectivity index (χ2n) is 6.10. The lowest BCUT2D eigenvalue weighted by Crippen LogP contribution is -2.44. The van der Waals surface area contributed by atoms with E-state index in [0.29, 0.717) is 16.6 Å². The Morgan fingerprint density at radius 1 is 1.33 bits per heavy atom. The topological polar surface area (TPSA) is 58.4 Å². The highest BCUT2D eigenvalue weighted by Crippen LogP contribution is 2.21. The lowest BCUT2D eigenvalue weighted by Gasteiger charge is -2.31. The lowest BCUT2D eigenvalue weighted by atomic mass is 10.0. The van der Waals surface area contributed by atoms with Crippen LogP contribution in [0.2, 0.25) is 5.02 Å². The highest BCUT2D eigenvalue weighted by molar-refractivity contribution is 6.30. The molecule has 5 nitrogen and oxygen atoms in total. The number of hydrogen-bond donors (Lipinski definition) is 1. The van der Waals surface area contributed by atoms with Gasteiger partial charge in [-0.15, -0.1) is 0 Å². The number of hydrogen-bond acceptors (Lipinski definition) is 4. The molecule has 6 heteroatoms. The van der Waals surface area contributed by atoms with Crippen molar-refractivity contribution in [1.82, 2.24) is 15.2 Å². The van der Waals surface area contributed by atoms with E-state index in [0.717, 1.165) is 38.0 Å². The van der Waals surface area contributed by atoms with Gasteiger partial charge < -0.3 is 14.6 Å². The Morgan fingerprint density at radius 2 is 2.04 bits per heavy atom. The van der Waals surface area contributed by atoms with Crippen LogP contribution in [0.3, 0.4) is 0 Å². The van der Waals surface area contributed by atoms with Gasteiger partial charge in [0.15, 0.2) is 0 Å². The SMILES string of the molecule is CCN1CCC(NC(=O)Cc2coc(-c3ccc(Cl)cc3)n2)CC1. The third-order valence-electron chi connectivity index (χ3n) is 4.38. The fourth-order valence-electron chi connectivity index (χ4n) is 2.95. The minimum atomic E-state index is 0.000838. The van der Waals surface area contributed by atoms with Gasteiger partial charge in [0, 0.05) is 29.7 Å². The van der Waals surface area contributed by atoms with Crippen molar-refractivity contribution in [2.45, 2.75) is 32.2 Å². The van der Waals surface area contributed by atoms with Crippen LogP contribution in [0.1, 0.15) is 25.5 Å². The van der Waals surface area contributed by atoms with Crippen molar-refractivity contribution < 1.29 is 9.21 Å². The number of likely N-dealkylation sites (tertiary alicyclic amines) is 1. The molecule has 1 amide bonds. The first kappa shape index (κ1) is 17.0. The summed E-state index contributed by atoms with van der Waals surface area (Å²) in [7, 11) is 0. The number of carbonyl (C=O) groups excluding carboxylic acids is 1. The third-order valence-corrected chi connectivity index (χ3v) is 4.64. The van der Waals surface area contributed by atoms with E-state index in [9.17, 15) is 4.79 Å². The molecule has 1 saturated heterocycles. The second-order valence-corrected chi connectivity index (χ2v) is 6.54. The molecule has 0 spiro atoms. The number of oxazole rings is 1. The number of carbonyl (C=O) groups is 1. The molecule has 1 aliphatic rings. The largest absolute Gasteiger partial charge is 0.444 e. The number of benzene rings is 1. The van der Waals surface area contributed by atoms with E-state index in [1.54, 1.807) is 18.4 Å². The quantitative estimate of drug-likeness (QED) is 0.902. The number of rotatable bonds is 5. The smallest absolute Gasteiger partial charge is 0.226 e. The van der Waals surface area contributed by atoms with Gasteiger partial charge >= 0.3 is 0 Å². The monoisotopic (exact) mass is 347 g/mol. The van der Waals surface area contributed by atoms with Crippen LogP contribution in [0.5, 0.6) is 0 Å². The van der Waals surface area contributed by atoms with E-state index >= 15 is 0 Å². The molecule has 1 aromatic carbocycles. The molecular formula is C18H22ClN3O2. The third kappa shape index (κ3) is 4.36. The molecule has 2 heterocycles. The summed E-state index contributed by atoms with van der Waals surface area (Å²) < 4.78 is 5.47. The summed E-state index contributed by atoms with van der Waals surface area (Å²) in [6.07, 6.45) is 3.80. The van der Waals surface area contributed by atoms with Crippen molar-refractivity contribution in [1.29, 1.82) is 0 Å². The second kappa shape index (κ2) is 7.81. The van der Waals surface area contributed by atoms with Gasteiger partial charge in [0.05, 0.1) is 12.1 Å². The number of nitrogens with zero attached hydrogens (tertiary/aromatic N) is 2. The van der Waals surface area contributed by atoms with Gasteiger partial charge in [-0.1, -0.05) is 18.5 Å². The molecule has 1 aromatic heterocycles. The van der Waals surface area contributed by atoms with Crippen LogP contribution in [-0.2, 0) is 11.2 Å². The van der Waals surface area contributed by atoms with Gasteiger partial charge in [-0.05, 0) is 43.7 Å². The Morgan fingerprint density at radius 3 is 2.71 bits per heavy atom. The molecule has 128 valence electrons. The molecule has 1 N–H and O–H groups in total. The first-order valence-electron chi connectivity index (χ1n) is 8.36. The number of nitrogens with one attached hydrogen (secondary N) is 1. The summed E-state index contributed by atoms with van der Waals surface area (Å²) in [6, 6.07) is 7.54. The van der Waals surface area contributed by atoms with Crippen molar-refractivity contribution in [3.8, 4) is 11.5 Å². The normalized spacial score (nSPS) is 16.2. The van der Waals surface area contributed by atoms with Crippen LogP contribution in [0.4, 0.5) is 0 Å². The van der Waals surface area contributed by atoms with Crippen LogP contribution in [0.15, 0.2) is 34.9 Å². The molecule has 24 heavy (non-hydrogen) atoms. The molecule has 3 rings (SSSR count). The van der Waals surface area contributed by atoms with Crippen molar-refractivity contribution in [2.24, 2.45) is 0 Å². The summed E-state index contributed by atoms with van der Waals surface area (Å²) >= 11 is 5.88. The summed E-state index contributed by atoms with van der Waals surface area (Å²) in [6.45, 7) is 5.34. The highest BCUT2D eigenvalue weighted by Gasteiger charge is 2.20. The van der Waals surface area contributed by atoms with E-state index in [-0.39, 0.29) is 18.4 Å². The Labute approximate surface area is 147 Å². The average molecular weight is 348 g/mol. The molecule has 0 aliphatic carbocycles. The molecule has 0 radical (unpaired) electrons. The predicted molar refractivity (Wildman–Crippen MR) is 93.9 cm³/mol. The first-order valence-corrected chi connectivity index (χ1v) is 8.74. The van der Waals surface area contributed by atoms with E-state index in [1.807, 2.05) is 12.1 Å². The number of halogens is 1. The molecule has 0 unspecified atom stereocenters. The van der Waals surface area contributed by atoms with Crippen LogP contribution in [0, 0.1) is 0 Å². The Balaban J connectivity index is 1.53. The van der Waals surface area contributed by atoms with Gasteiger partial charge in [0.25, 0.3) is 0 Å². The first-order chi connectivity index (χ1) is 11.6. The maximum atomic E-state index is 12.2. The number of piperidine rings is 1. The summed E-state index contributed by atoms with van der Waals surface area (Å²) in [4.78, 5) is 19.0. The summed E-state index contributed by atoms with van der Waals surface area (Å²) in [5.74, 6) is 0.506. The fraction of sp³-hybridized carbons (Fsp3) is 0.444. The number of aromatic nitrogens is 1. The van der Waals surface area contributed by atoms with E-state index in [4.69, 9.17) is 16.0 Å². The van der Waals surface area contributed by atoms with Gasteiger partial charge in [0.1, 0.15) is 6.26 Å². The molecule has 1 fully saturated rings. The zero-order valence-corrected chi connectivity index (χ0v) is 14.6. The molecular weight excluding hydrogens is 326 g/mol. The van der Waals surface area contributed by atoms with Crippen LogP contribution in [0.25, 0.3) is 11.5 Å². The highest BCUT2D eigenvalue weighted by atomic mass is 35.5. The minimum absolute atomic E-state index is 0.000838. The summed E-state index contributed by atoms with van der Waals surface area (Å²) in [5.41, 5.74) is 1.49. The van der Waals surface area contributed by atoms with Crippen molar-refractivity contribution in [3.05, 3.63) is 41.2 Å². The Kier molecular flexibility index (Phi) is 5.53. The van der Waals surface area contributed by atoms with Crippen molar-refractivity contribution >= 4 is 17.5 Å². The zero-order valence-electron chi connectivity index (χ0n) is 13.8. The van der Waals surface area contributed by atoms with E-state index in [1.165, 1.54) is 0 Å². The van der Waals surface area contributed by atoms with E-state index < -0.39 is 0 Å². The maximum Gasteiger partial charge on any atom is 0.226 e. The Hall–Kier alpha value is -1.85. The van der Waals surface area contributed by atoms with Gasteiger partial charge in [-0.25, -0.2) is 4.98 Å². The average Bonchev–Trinajstić information content (AvgIpc) is 3.04. The summed E-state index contributed by atoms with van der Waals surface area (Å²) in [5, 5.41) is 3.77. The zero-order chi connectivity index (χ0) is 16.9. The van der Waals surface area contributed by atoms with E-state index in [2.05, 4.69) is 22.1 Å². The number of amides is 1. The van der Waals surface area contributed by atoms with Gasteiger partial charge in [0.2, 0.25) is 11.8 Å². The van der Waals surface area contributed by atoms with Crippen molar-refractivity contribution in [2.75, 3.05) is 19.6 Å². The van der Waals surface area contributed by atoms with Crippen molar-refractivity contribution in [3.63, 3.8) is 0 Å². The minimum Gasteiger partial charge on any atom is -0.444 e. The lowest BCUT2D eigenvalue weighted by molar-refractivity contribution is -0.121. The molecule has 0 atom stereocenters. The molecule has 0 bridgehead atoms. The standard InChI is InChI=1S/C18H22ClN3O2/c1-2-22-9-7-15(8-10-22)20-17(23)11-16-12-24-18(21-16)13-3-5-14(19)6-4-13/h3-6,12,15H,2,7-11H2,1H3,(H,20,23). The molecule has 1 aliphatic heterocycles. The fourth-order valence-corrected chi connectivity index (χ4v) is 3.08. The van der Waals surface area contributed by atoms with Crippen LogP contribution >= 0.6 is 11.6 Å². The Bertz CT molecular complexity index is 676. The molecule has 2 aromatic rings. The molecule has 0 saturated carbocycles. The van der Waals surface area contributed by atoms with Crippen LogP contribution < -0.4 is 5.32 Å².